The number of rotatable bonds is 9. The number of halogens is 1. The molecule has 1 unspecified atom stereocenters. The maximum atomic E-state index is 13.4. The van der Waals surface area contributed by atoms with Crippen molar-refractivity contribution in [2.45, 2.75) is 6.04 Å². The molecule has 4 nitrogen and oxygen atoms in total. The highest BCUT2D eigenvalue weighted by Gasteiger charge is 2.10. The minimum atomic E-state index is -0.454. The molecule has 0 spiro atoms. The van der Waals surface area contributed by atoms with Crippen LogP contribution < -0.4 is 5.73 Å². The number of ether oxygens (including phenoxy) is 3. The topological polar surface area (TPSA) is 53.7 Å². The number of benzene rings is 1. The van der Waals surface area contributed by atoms with Crippen molar-refractivity contribution in [2.24, 2.45) is 5.73 Å². The normalized spacial score (nSPS) is 12.6. The predicted molar refractivity (Wildman–Crippen MR) is 66.8 cm³/mol. The van der Waals surface area contributed by atoms with Crippen LogP contribution in [-0.2, 0) is 14.2 Å². The third kappa shape index (κ3) is 5.55. The van der Waals surface area contributed by atoms with Gasteiger partial charge in [0.05, 0.1) is 39.1 Å². The van der Waals surface area contributed by atoms with Gasteiger partial charge >= 0.3 is 0 Å². The van der Waals surface area contributed by atoms with Gasteiger partial charge in [0.15, 0.2) is 0 Å². The van der Waals surface area contributed by atoms with E-state index in [1.807, 2.05) is 0 Å². The van der Waals surface area contributed by atoms with Crippen molar-refractivity contribution in [1.29, 1.82) is 0 Å². The van der Waals surface area contributed by atoms with Crippen LogP contribution in [0.1, 0.15) is 11.6 Å². The maximum Gasteiger partial charge on any atom is 0.128 e. The molecule has 0 aliphatic carbocycles. The summed E-state index contributed by atoms with van der Waals surface area (Å²) in [5.41, 5.74) is 6.30. The van der Waals surface area contributed by atoms with Gasteiger partial charge in [-0.05, 0) is 6.07 Å². The molecule has 1 rings (SSSR count). The van der Waals surface area contributed by atoms with E-state index in [2.05, 4.69) is 0 Å². The molecule has 102 valence electrons. The highest BCUT2D eigenvalue weighted by Crippen LogP contribution is 2.14. The molecule has 0 aliphatic heterocycles. The molecule has 0 radical (unpaired) electrons. The van der Waals surface area contributed by atoms with Gasteiger partial charge in [-0.2, -0.15) is 0 Å². The van der Waals surface area contributed by atoms with Crippen LogP contribution in [-0.4, -0.2) is 40.1 Å². The highest BCUT2D eigenvalue weighted by atomic mass is 19.1. The fourth-order valence-electron chi connectivity index (χ4n) is 1.44. The monoisotopic (exact) mass is 257 g/mol. The number of hydrogen-bond donors (Lipinski definition) is 1. The molecule has 0 heterocycles. The second-order valence-corrected chi connectivity index (χ2v) is 3.81. The molecule has 1 atom stereocenters. The van der Waals surface area contributed by atoms with Crippen molar-refractivity contribution in [2.75, 3.05) is 40.1 Å². The van der Waals surface area contributed by atoms with Crippen molar-refractivity contribution in [3.05, 3.63) is 35.6 Å². The van der Waals surface area contributed by atoms with Crippen LogP contribution in [0.2, 0.25) is 0 Å². The van der Waals surface area contributed by atoms with E-state index in [1.165, 1.54) is 6.07 Å². The van der Waals surface area contributed by atoms with Crippen molar-refractivity contribution in [3.8, 4) is 0 Å². The molecule has 1 aromatic rings. The van der Waals surface area contributed by atoms with E-state index < -0.39 is 6.04 Å². The van der Waals surface area contributed by atoms with Gasteiger partial charge in [0, 0.05) is 12.7 Å². The summed E-state index contributed by atoms with van der Waals surface area (Å²) >= 11 is 0. The highest BCUT2D eigenvalue weighted by molar-refractivity contribution is 5.20. The molecular weight excluding hydrogens is 237 g/mol. The fourth-order valence-corrected chi connectivity index (χ4v) is 1.44. The Labute approximate surface area is 107 Å². The van der Waals surface area contributed by atoms with Gasteiger partial charge in [-0.1, -0.05) is 18.2 Å². The first-order valence-corrected chi connectivity index (χ1v) is 5.90. The molecule has 0 bridgehead atoms. The summed E-state index contributed by atoms with van der Waals surface area (Å²) in [4.78, 5) is 0. The zero-order valence-electron chi connectivity index (χ0n) is 10.6. The Morgan fingerprint density at radius 3 is 2.50 bits per heavy atom. The van der Waals surface area contributed by atoms with E-state index in [0.717, 1.165) is 0 Å². The Bertz CT molecular complexity index is 336. The van der Waals surface area contributed by atoms with Gasteiger partial charge in [0.1, 0.15) is 5.82 Å². The summed E-state index contributed by atoms with van der Waals surface area (Å²) in [7, 11) is 1.62. The summed E-state index contributed by atoms with van der Waals surface area (Å²) in [6.07, 6.45) is 0. The van der Waals surface area contributed by atoms with Crippen LogP contribution in [0.15, 0.2) is 24.3 Å². The number of nitrogens with two attached hydrogens (primary N) is 1. The lowest BCUT2D eigenvalue weighted by atomic mass is 10.1. The molecule has 0 aromatic heterocycles. The van der Waals surface area contributed by atoms with Crippen LogP contribution in [0.25, 0.3) is 0 Å². The van der Waals surface area contributed by atoms with E-state index >= 15 is 0 Å². The Hall–Kier alpha value is -1.01. The lowest BCUT2D eigenvalue weighted by molar-refractivity contribution is 0.0214. The van der Waals surface area contributed by atoms with Crippen LogP contribution in [0.4, 0.5) is 4.39 Å². The van der Waals surface area contributed by atoms with Crippen LogP contribution in [0.5, 0.6) is 0 Å². The van der Waals surface area contributed by atoms with Crippen molar-refractivity contribution in [1.82, 2.24) is 0 Å². The van der Waals surface area contributed by atoms with Gasteiger partial charge in [-0.15, -0.1) is 0 Å². The first-order valence-electron chi connectivity index (χ1n) is 5.90. The molecule has 0 fully saturated rings. The number of hydrogen-bond acceptors (Lipinski definition) is 4. The Kier molecular flexibility index (Phi) is 7.52. The summed E-state index contributed by atoms with van der Waals surface area (Å²) < 4.78 is 28.8. The quantitative estimate of drug-likeness (QED) is 0.681. The minimum Gasteiger partial charge on any atom is -0.382 e. The van der Waals surface area contributed by atoms with E-state index in [1.54, 1.807) is 25.3 Å². The largest absolute Gasteiger partial charge is 0.382 e. The predicted octanol–water partition coefficient (Wildman–Crippen LogP) is 1.51. The minimum absolute atomic E-state index is 0.272. The van der Waals surface area contributed by atoms with Crippen LogP contribution in [0, 0.1) is 5.82 Å². The third-order valence-electron chi connectivity index (χ3n) is 2.41. The summed E-state index contributed by atoms with van der Waals surface area (Å²) in [6, 6.07) is 5.99. The van der Waals surface area contributed by atoms with E-state index in [9.17, 15) is 4.39 Å². The number of methoxy groups -OCH3 is 1. The molecule has 0 aliphatic rings. The Balaban J connectivity index is 2.14. The Morgan fingerprint density at radius 2 is 1.78 bits per heavy atom. The average Bonchev–Trinajstić information content (AvgIpc) is 2.38. The molecule has 0 amide bonds. The average molecular weight is 257 g/mol. The van der Waals surface area contributed by atoms with Gasteiger partial charge in [-0.3, -0.25) is 0 Å². The summed E-state index contributed by atoms with van der Waals surface area (Å²) in [5, 5.41) is 0. The first kappa shape index (κ1) is 15.0. The molecule has 5 heteroatoms. The van der Waals surface area contributed by atoms with Gasteiger partial charge in [0.2, 0.25) is 0 Å². The smallest absolute Gasteiger partial charge is 0.128 e. The fraction of sp³-hybridized carbons (Fsp3) is 0.538. The maximum absolute atomic E-state index is 13.4. The lowest BCUT2D eigenvalue weighted by Gasteiger charge is -2.13. The molecule has 18 heavy (non-hydrogen) atoms. The Morgan fingerprint density at radius 1 is 1.11 bits per heavy atom. The zero-order chi connectivity index (χ0) is 13.2. The lowest BCUT2D eigenvalue weighted by Crippen LogP contribution is -2.20. The van der Waals surface area contributed by atoms with Gasteiger partial charge in [-0.25, -0.2) is 4.39 Å². The van der Waals surface area contributed by atoms with E-state index in [-0.39, 0.29) is 12.4 Å². The van der Waals surface area contributed by atoms with Crippen molar-refractivity contribution >= 4 is 0 Å². The third-order valence-corrected chi connectivity index (χ3v) is 2.41. The van der Waals surface area contributed by atoms with Gasteiger partial charge in [0.25, 0.3) is 0 Å². The van der Waals surface area contributed by atoms with Gasteiger partial charge < -0.3 is 19.9 Å². The van der Waals surface area contributed by atoms with Crippen LogP contribution >= 0.6 is 0 Å². The summed E-state index contributed by atoms with van der Waals surface area (Å²) in [6.45, 7) is 2.29. The van der Waals surface area contributed by atoms with E-state index in [0.29, 0.717) is 32.0 Å². The second kappa shape index (κ2) is 8.99. The SMILES string of the molecule is COCCOCCOCC(N)c1ccccc1F. The summed E-state index contributed by atoms with van der Waals surface area (Å²) in [5.74, 6) is -0.301. The molecule has 0 saturated carbocycles. The molecular formula is C13H20FNO3. The molecule has 1 aromatic carbocycles. The zero-order valence-corrected chi connectivity index (χ0v) is 10.6. The van der Waals surface area contributed by atoms with Crippen LogP contribution in [0.3, 0.4) is 0 Å². The van der Waals surface area contributed by atoms with Crippen molar-refractivity contribution < 1.29 is 18.6 Å². The first-order chi connectivity index (χ1) is 8.75. The van der Waals surface area contributed by atoms with Crippen molar-refractivity contribution in [3.63, 3.8) is 0 Å². The van der Waals surface area contributed by atoms with E-state index in [4.69, 9.17) is 19.9 Å². The standard InChI is InChI=1S/C13H20FNO3/c1-16-6-7-17-8-9-18-10-13(15)11-4-2-3-5-12(11)14/h2-5,13H,6-10,15H2,1H3. The second-order valence-electron chi connectivity index (χ2n) is 3.81. The molecule has 0 saturated heterocycles. The molecule has 2 N–H and O–H groups in total.